The predicted molar refractivity (Wildman–Crippen MR) is 149 cm³/mol. The highest BCUT2D eigenvalue weighted by atomic mass is 35.5. The zero-order chi connectivity index (χ0) is 26.2. The van der Waals surface area contributed by atoms with E-state index in [1.807, 2.05) is 12.1 Å². The number of ether oxygens (including phenoxy) is 2. The van der Waals surface area contributed by atoms with Gasteiger partial charge in [0, 0.05) is 49.7 Å². The van der Waals surface area contributed by atoms with Gasteiger partial charge in [-0.2, -0.15) is 4.98 Å². The molecule has 2 aromatic rings. The summed E-state index contributed by atoms with van der Waals surface area (Å²) in [5.41, 5.74) is 0.778. The number of halogens is 1. The Hall–Kier alpha value is -2.52. The van der Waals surface area contributed by atoms with Crippen molar-refractivity contribution in [2.45, 2.75) is 64.0 Å². The molecule has 1 aliphatic heterocycles. The summed E-state index contributed by atoms with van der Waals surface area (Å²) < 4.78 is 11.1. The first-order chi connectivity index (χ1) is 18.0. The van der Waals surface area contributed by atoms with Gasteiger partial charge in [-0.15, -0.1) is 11.6 Å². The second-order valence-corrected chi connectivity index (χ2v) is 10.5. The van der Waals surface area contributed by atoms with Gasteiger partial charge in [-0.1, -0.05) is 26.2 Å². The number of benzene rings is 1. The standard InChI is InChI=1S/C27H41ClN6O3/c1-18-17-34(19-8-5-4-6-9-19)13-10-21(18)31-26-20-14-23(36-2)24(37-3)15-22(20)32-27(33-26)30-12-7-11-29-25(35)16-28/h14-15,18-19,21H,4-13,16-17H2,1-3H3,(H,29,35)(H2,30,31,32,33). The third-order valence-electron chi connectivity index (χ3n) is 7.63. The quantitative estimate of drug-likeness (QED) is 0.291. The molecule has 0 radical (unpaired) electrons. The summed E-state index contributed by atoms with van der Waals surface area (Å²) in [6, 6.07) is 4.91. The second-order valence-electron chi connectivity index (χ2n) is 10.2. The highest BCUT2D eigenvalue weighted by Gasteiger charge is 2.31. The normalized spacial score (nSPS) is 21.0. The molecule has 3 N–H and O–H groups in total. The van der Waals surface area contributed by atoms with Crippen molar-refractivity contribution in [3.05, 3.63) is 12.1 Å². The molecule has 37 heavy (non-hydrogen) atoms. The van der Waals surface area contributed by atoms with Crippen molar-refractivity contribution in [3.63, 3.8) is 0 Å². The van der Waals surface area contributed by atoms with Gasteiger partial charge in [0.2, 0.25) is 11.9 Å². The SMILES string of the molecule is COc1cc2nc(NCCCNC(=O)CCl)nc(NC3CCN(C4CCCCC4)CC3C)c2cc1OC. The first kappa shape index (κ1) is 27.5. The van der Waals surface area contributed by atoms with E-state index in [2.05, 4.69) is 27.8 Å². The van der Waals surface area contributed by atoms with E-state index in [-0.39, 0.29) is 11.8 Å². The smallest absolute Gasteiger partial charge is 0.234 e. The Morgan fingerprint density at radius 3 is 2.54 bits per heavy atom. The molecular formula is C27H41ClN6O3. The third-order valence-corrected chi connectivity index (χ3v) is 7.87. The van der Waals surface area contributed by atoms with Crippen LogP contribution in [0.25, 0.3) is 10.9 Å². The highest BCUT2D eigenvalue weighted by molar-refractivity contribution is 6.27. The number of rotatable bonds is 11. The molecule has 0 bridgehead atoms. The lowest BCUT2D eigenvalue weighted by Gasteiger charge is -2.42. The van der Waals surface area contributed by atoms with Crippen LogP contribution in [0.2, 0.25) is 0 Å². The van der Waals surface area contributed by atoms with Gasteiger partial charge in [0.05, 0.1) is 19.7 Å². The molecule has 204 valence electrons. The number of hydrogen-bond donors (Lipinski definition) is 3. The lowest BCUT2D eigenvalue weighted by atomic mass is 9.88. The van der Waals surface area contributed by atoms with Gasteiger partial charge < -0.3 is 25.4 Å². The lowest BCUT2D eigenvalue weighted by molar-refractivity contribution is -0.118. The average molecular weight is 533 g/mol. The molecule has 10 heteroatoms. The summed E-state index contributed by atoms with van der Waals surface area (Å²) in [4.78, 5) is 23.7. The van der Waals surface area contributed by atoms with Crippen LogP contribution in [-0.2, 0) is 4.79 Å². The Balaban J connectivity index is 1.50. The number of fused-ring (bicyclic) bond motifs is 1. The number of hydrogen-bond acceptors (Lipinski definition) is 8. The van der Waals surface area contributed by atoms with Crippen molar-refractivity contribution >= 4 is 40.2 Å². The first-order valence-corrected chi connectivity index (χ1v) is 14.1. The minimum absolute atomic E-state index is 0.0282. The summed E-state index contributed by atoms with van der Waals surface area (Å²) in [6.45, 7) is 5.73. The summed E-state index contributed by atoms with van der Waals surface area (Å²) in [5, 5.41) is 10.7. The van der Waals surface area contributed by atoms with Crippen LogP contribution >= 0.6 is 11.6 Å². The molecule has 4 rings (SSSR count). The maximum absolute atomic E-state index is 11.4. The summed E-state index contributed by atoms with van der Waals surface area (Å²) in [5.74, 6) is 2.92. The number of alkyl halides is 1. The number of likely N-dealkylation sites (tertiary alicyclic amines) is 1. The maximum atomic E-state index is 11.4. The van der Waals surface area contributed by atoms with Gasteiger partial charge in [-0.25, -0.2) is 4.98 Å². The van der Waals surface area contributed by atoms with Crippen molar-refractivity contribution in [2.75, 3.05) is 56.9 Å². The summed E-state index contributed by atoms with van der Waals surface area (Å²) in [7, 11) is 3.26. The molecule has 2 atom stereocenters. The van der Waals surface area contributed by atoms with Crippen LogP contribution in [0.4, 0.5) is 11.8 Å². The van der Waals surface area contributed by atoms with E-state index in [9.17, 15) is 4.79 Å². The van der Waals surface area contributed by atoms with Crippen LogP contribution in [0, 0.1) is 5.92 Å². The molecule has 1 saturated carbocycles. The van der Waals surface area contributed by atoms with Crippen LogP contribution in [-0.4, -0.2) is 79.1 Å². The van der Waals surface area contributed by atoms with Crippen molar-refractivity contribution in [1.29, 1.82) is 0 Å². The van der Waals surface area contributed by atoms with Crippen molar-refractivity contribution in [1.82, 2.24) is 20.2 Å². The van der Waals surface area contributed by atoms with E-state index < -0.39 is 0 Å². The van der Waals surface area contributed by atoms with E-state index in [1.54, 1.807) is 14.2 Å². The van der Waals surface area contributed by atoms with Crippen LogP contribution in [0.15, 0.2) is 12.1 Å². The number of methoxy groups -OCH3 is 2. The molecule has 1 aliphatic carbocycles. The Morgan fingerprint density at radius 1 is 1.08 bits per heavy atom. The fourth-order valence-corrected chi connectivity index (χ4v) is 5.65. The number of nitrogens with one attached hydrogen (secondary N) is 3. The molecule has 2 heterocycles. The van der Waals surface area contributed by atoms with E-state index in [1.165, 1.54) is 32.1 Å². The Bertz CT molecular complexity index is 1050. The fourth-order valence-electron chi connectivity index (χ4n) is 5.55. The van der Waals surface area contributed by atoms with Crippen molar-refractivity contribution < 1.29 is 14.3 Å². The van der Waals surface area contributed by atoms with Gasteiger partial charge in [0.1, 0.15) is 11.7 Å². The number of carbonyl (C=O) groups is 1. The average Bonchev–Trinajstić information content (AvgIpc) is 2.93. The molecule has 2 fully saturated rings. The third kappa shape index (κ3) is 7.08. The highest BCUT2D eigenvalue weighted by Crippen LogP contribution is 2.36. The minimum atomic E-state index is -0.167. The molecule has 0 spiro atoms. The molecule has 1 saturated heterocycles. The number of aromatic nitrogens is 2. The molecule has 9 nitrogen and oxygen atoms in total. The lowest BCUT2D eigenvalue weighted by Crippen LogP contribution is -2.49. The van der Waals surface area contributed by atoms with Crippen LogP contribution < -0.4 is 25.4 Å². The van der Waals surface area contributed by atoms with E-state index in [4.69, 9.17) is 31.0 Å². The van der Waals surface area contributed by atoms with Gasteiger partial charge in [-0.3, -0.25) is 9.69 Å². The Labute approximate surface area is 225 Å². The van der Waals surface area contributed by atoms with Crippen molar-refractivity contribution in [3.8, 4) is 11.5 Å². The van der Waals surface area contributed by atoms with E-state index in [0.717, 1.165) is 48.7 Å². The van der Waals surface area contributed by atoms with E-state index >= 15 is 0 Å². The van der Waals surface area contributed by atoms with Gasteiger partial charge in [-0.05, 0) is 37.7 Å². The number of piperidine rings is 1. The second kappa shape index (κ2) is 13.3. The molecular weight excluding hydrogens is 492 g/mol. The largest absolute Gasteiger partial charge is 0.493 e. The monoisotopic (exact) mass is 532 g/mol. The molecule has 2 unspecified atom stereocenters. The van der Waals surface area contributed by atoms with Gasteiger partial charge in [0.25, 0.3) is 0 Å². The van der Waals surface area contributed by atoms with E-state index in [0.29, 0.717) is 42.5 Å². The minimum Gasteiger partial charge on any atom is -0.493 e. The molecule has 1 aromatic heterocycles. The number of carbonyl (C=O) groups excluding carboxylic acids is 1. The van der Waals surface area contributed by atoms with Gasteiger partial charge in [0.15, 0.2) is 11.5 Å². The van der Waals surface area contributed by atoms with Crippen LogP contribution in [0.1, 0.15) is 51.9 Å². The maximum Gasteiger partial charge on any atom is 0.234 e. The number of nitrogens with zero attached hydrogens (tertiary/aromatic N) is 3. The van der Waals surface area contributed by atoms with Crippen LogP contribution in [0.3, 0.4) is 0 Å². The molecule has 2 aliphatic rings. The molecule has 1 amide bonds. The predicted octanol–water partition coefficient (Wildman–Crippen LogP) is 4.26. The number of amides is 1. The molecule has 1 aromatic carbocycles. The zero-order valence-electron chi connectivity index (χ0n) is 22.3. The Kier molecular flexibility index (Phi) is 9.91. The first-order valence-electron chi connectivity index (χ1n) is 13.5. The topological polar surface area (TPSA) is 101 Å². The fraction of sp³-hybridized carbons (Fsp3) is 0.667. The zero-order valence-corrected chi connectivity index (χ0v) is 23.1. The van der Waals surface area contributed by atoms with Crippen molar-refractivity contribution in [2.24, 2.45) is 5.92 Å². The Morgan fingerprint density at radius 2 is 1.84 bits per heavy atom. The number of anilines is 2. The summed E-state index contributed by atoms with van der Waals surface area (Å²) in [6.07, 6.45) is 8.61. The summed E-state index contributed by atoms with van der Waals surface area (Å²) >= 11 is 5.54. The van der Waals surface area contributed by atoms with Gasteiger partial charge >= 0.3 is 0 Å². The van der Waals surface area contributed by atoms with Crippen LogP contribution in [0.5, 0.6) is 11.5 Å².